The number of carbonyl (C=O) groups is 1. The van der Waals surface area contributed by atoms with Crippen LogP contribution in [0.5, 0.6) is 0 Å². The monoisotopic (exact) mass is 293 g/mol. The normalized spacial score (nSPS) is 12.4. The van der Waals surface area contributed by atoms with Gasteiger partial charge in [0.1, 0.15) is 11.9 Å². The fraction of sp³-hybridized carbons (Fsp3) is 0.308. The van der Waals surface area contributed by atoms with E-state index in [1.807, 2.05) is 6.07 Å². The van der Waals surface area contributed by atoms with E-state index >= 15 is 0 Å². The highest BCUT2D eigenvalue weighted by Crippen LogP contribution is 2.12. The summed E-state index contributed by atoms with van der Waals surface area (Å²) in [5.41, 5.74) is 5.91. The van der Waals surface area contributed by atoms with E-state index in [1.54, 1.807) is 18.2 Å². The van der Waals surface area contributed by atoms with Gasteiger partial charge in [-0.3, -0.25) is 9.59 Å². The van der Waals surface area contributed by atoms with Crippen LogP contribution in [0.4, 0.5) is 0 Å². The summed E-state index contributed by atoms with van der Waals surface area (Å²) in [6, 6.07) is 6.30. The zero-order valence-electron chi connectivity index (χ0n) is 10.7. The smallest absolute Gasteiger partial charge is 0.320 e. The molecule has 0 spiro atoms. The molecule has 6 nitrogen and oxygen atoms in total. The molecule has 0 fully saturated rings. The Labute approximate surface area is 119 Å². The van der Waals surface area contributed by atoms with Crippen molar-refractivity contribution in [2.45, 2.75) is 18.2 Å². The number of hydrogen-bond acceptors (Lipinski definition) is 5. The van der Waals surface area contributed by atoms with Crippen molar-refractivity contribution in [3.63, 3.8) is 0 Å². The van der Waals surface area contributed by atoms with E-state index < -0.39 is 12.0 Å². The molecule has 4 N–H and O–H groups in total. The number of fused-ring (bicyclic) bond motifs is 1. The molecule has 1 atom stereocenters. The van der Waals surface area contributed by atoms with Gasteiger partial charge in [0.15, 0.2) is 0 Å². The van der Waals surface area contributed by atoms with Gasteiger partial charge in [-0.25, -0.2) is 4.98 Å². The third kappa shape index (κ3) is 3.58. The fourth-order valence-electron chi connectivity index (χ4n) is 1.71. The summed E-state index contributed by atoms with van der Waals surface area (Å²) in [6.45, 7) is 0. The van der Waals surface area contributed by atoms with Crippen LogP contribution in [0.15, 0.2) is 29.1 Å². The van der Waals surface area contributed by atoms with Crippen molar-refractivity contribution >= 4 is 28.6 Å². The molecule has 1 unspecified atom stereocenters. The van der Waals surface area contributed by atoms with Crippen molar-refractivity contribution in [2.24, 2.45) is 5.73 Å². The van der Waals surface area contributed by atoms with Crippen LogP contribution in [-0.2, 0) is 10.5 Å². The van der Waals surface area contributed by atoms with Gasteiger partial charge >= 0.3 is 5.97 Å². The minimum Gasteiger partial charge on any atom is -0.480 e. The summed E-state index contributed by atoms with van der Waals surface area (Å²) in [7, 11) is 0. The third-order valence-electron chi connectivity index (χ3n) is 2.79. The molecule has 0 radical (unpaired) electrons. The molecule has 1 heterocycles. The topological polar surface area (TPSA) is 109 Å². The van der Waals surface area contributed by atoms with Crippen LogP contribution in [0.25, 0.3) is 10.9 Å². The Morgan fingerprint density at radius 2 is 2.20 bits per heavy atom. The Balaban J connectivity index is 1.97. The SMILES string of the molecule is NC(CCSCc1nc2ccccc2c(=O)[nH]1)C(=O)O. The maximum atomic E-state index is 11.8. The zero-order chi connectivity index (χ0) is 14.5. The van der Waals surface area contributed by atoms with Crippen molar-refractivity contribution in [1.82, 2.24) is 9.97 Å². The zero-order valence-corrected chi connectivity index (χ0v) is 11.5. The number of aromatic amines is 1. The van der Waals surface area contributed by atoms with Crippen LogP contribution < -0.4 is 11.3 Å². The lowest BCUT2D eigenvalue weighted by atomic mass is 10.2. The van der Waals surface area contributed by atoms with Crippen molar-refractivity contribution in [3.05, 3.63) is 40.4 Å². The van der Waals surface area contributed by atoms with E-state index in [4.69, 9.17) is 10.8 Å². The van der Waals surface area contributed by atoms with E-state index in [-0.39, 0.29) is 5.56 Å². The number of nitrogens with one attached hydrogen (secondary N) is 1. The fourth-order valence-corrected chi connectivity index (χ4v) is 2.60. The van der Waals surface area contributed by atoms with E-state index in [0.717, 1.165) is 0 Å². The summed E-state index contributed by atoms with van der Waals surface area (Å²) < 4.78 is 0. The summed E-state index contributed by atoms with van der Waals surface area (Å²) in [6.07, 6.45) is 0.387. The van der Waals surface area contributed by atoms with Crippen LogP contribution >= 0.6 is 11.8 Å². The molecule has 0 aliphatic carbocycles. The summed E-state index contributed by atoms with van der Waals surface area (Å²) in [5.74, 6) is 0.710. The molecule has 2 aromatic rings. The number of carboxylic acids is 1. The Bertz CT molecular complexity index is 671. The Morgan fingerprint density at radius 3 is 2.95 bits per heavy atom. The molecule has 0 saturated carbocycles. The molecule has 0 amide bonds. The number of aromatic nitrogens is 2. The molecule has 2 rings (SSSR count). The van der Waals surface area contributed by atoms with Crippen LogP contribution in [0.2, 0.25) is 0 Å². The highest BCUT2D eigenvalue weighted by atomic mass is 32.2. The molecule has 0 aliphatic rings. The Kier molecular flexibility index (Phi) is 4.75. The van der Waals surface area contributed by atoms with Crippen LogP contribution in [0, 0.1) is 0 Å². The first-order valence-corrected chi connectivity index (χ1v) is 7.27. The number of rotatable bonds is 6. The van der Waals surface area contributed by atoms with E-state index in [2.05, 4.69) is 9.97 Å². The molecule has 106 valence electrons. The van der Waals surface area contributed by atoms with Crippen LogP contribution in [-0.4, -0.2) is 32.8 Å². The van der Waals surface area contributed by atoms with Gasteiger partial charge in [0.2, 0.25) is 0 Å². The molecule has 0 aliphatic heterocycles. The quantitative estimate of drug-likeness (QED) is 0.684. The summed E-state index contributed by atoms with van der Waals surface area (Å²) in [5, 5.41) is 9.22. The minimum absolute atomic E-state index is 0.159. The Hall–Kier alpha value is -1.86. The third-order valence-corrected chi connectivity index (χ3v) is 3.79. The minimum atomic E-state index is -0.997. The first-order valence-electron chi connectivity index (χ1n) is 6.12. The summed E-state index contributed by atoms with van der Waals surface area (Å²) in [4.78, 5) is 29.5. The van der Waals surface area contributed by atoms with Gasteiger partial charge in [-0.05, 0) is 24.3 Å². The highest BCUT2D eigenvalue weighted by molar-refractivity contribution is 7.98. The number of hydrogen-bond donors (Lipinski definition) is 3. The molecular formula is C13H15N3O3S. The maximum absolute atomic E-state index is 11.8. The van der Waals surface area contributed by atoms with Crippen molar-refractivity contribution in [1.29, 1.82) is 0 Å². The second-order valence-electron chi connectivity index (χ2n) is 4.32. The maximum Gasteiger partial charge on any atom is 0.320 e. The first kappa shape index (κ1) is 14.5. The highest BCUT2D eigenvalue weighted by Gasteiger charge is 2.10. The van der Waals surface area contributed by atoms with E-state index in [1.165, 1.54) is 11.8 Å². The van der Waals surface area contributed by atoms with Gasteiger partial charge in [-0.15, -0.1) is 0 Å². The first-order chi connectivity index (χ1) is 9.58. The molecule has 20 heavy (non-hydrogen) atoms. The average Bonchev–Trinajstić information content (AvgIpc) is 2.43. The van der Waals surface area contributed by atoms with Gasteiger partial charge in [0.05, 0.1) is 16.7 Å². The standard InChI is InChI=1S/C13H15N3O3S/c14-9(13(18)19)5-6-20-7-11-15-10-4-2-1-3-8(10)12(17)16-11/h1-4,9H,5-7,14H2,(H,18,19)(H,15,16,17). The number of benzene rings is 1. The second-order valence-corrected chi connectivity index (χ2v) is 5.42. The number of para-hydroxylation sites is 1. The predicted octanol–water partition coefficient (Wildman–Crippen LogP) is 0.958. The van der Waals surface area contributed by atoms with Gasteiger partial charge in [-0.1, -0.05) is 12.1 Å². The van der Waals surface area contributed by atoms with Gasteiger partial charge < -0.3 is 15.8 Å². The predicted molar refractivity (Wildman–Crippen MR) is 78.8 cm³/mol. The lowest BCUT2D eigenvalue weighted by molar-refractivity contribution is -0.138. The largest absolute Gasteiger partial charge is 0.480 e. The van der Waals surface area contributed by atoms with Crippen LogP contribution in [0.1, 0.15) is 12.2 Å². The lowest BCUT2D eigenvalue weighted by Gasteiger charge is -2.06. The second kappa shape index (κ2) is 6.53. The number of carboxylic acid groups (broad SMARTS) is 1. The van der Waals surface area contributed by atoms with Crippen LogP contribution in [0.3, 0.4) is 0 Å². The molecule has 0 bridgehead atoms. The molecular weight excluding hydrogens is 278 g/mol. The van der Waals surface area contributed by atoms with Crippen molar-refractivity contribution in [3.8, 4) is 0 Å². The van der Waals surface area contributed by atoms with E-state index in [0.29, 0.717) is 34.7 Å². The van der Waals surface area contributed by atoms with Crippen molar-refractivity contribution in [2.75, 3.05) is 5.75 Å². The number of aliphatic carboxylic acids is 1. The summed E-state index contributed by atoms with van der Waals surface area (Å²) >= 11 is 1.49. The molecule has 1 aromatic carbocycles. The van der Waals surface area contributed by atoms with Gasteiger partial charge in [-0.2, -0.15) is 11.8 Å². The molecule has 0 saturated heterocycles. The molecule has 1 aromatic heterocycles. The number of nitrogens with zero attached hydrogens (tertiary/aromatic N) is 1. The van der Waals surface area contributed by atoms with Gasteiger partial charge in [0, 0.05) is 0 Å². The van der Waals surface area contributed by atoms with E-state index in [9.17, 15) is 9.59 Å². The lowest BCUT2D eigenvalue weighted by Crippen LogP contribution is -2.30. The average molecular weight is 293 g/mol. The Morgan fingerprint density at radius 1 is 1.45 bits per heavy atom. The van der Waals surface area contributed by atoms with Crippen molar-refractivity contribution < 1.29 is 9.90 Å². The number of H-pyrrole nitrogens is 1. The molecule has 7 heteroatoms. The number of nitrogens with two attached hydrogens (primary N) is 1. The number of thioether (sulfide) groups is 1. The van der Waals surface area contributed by atoms with Gasteiger partial charge in [0.25, 0.3) is 5.56 Å².